The van der Waals surface area contributed by atoms with E-state index in [4.69, 9.17) is 9.47 Å². The van der Waals surface area contributed by atoms with Crippen molar-refractivity contribution in [3.8, 4) is 5.75 Å². The lowest BCUT2D eigenvalue weighted by Crippen LogP contribution is -2.37. The average molecular weight is 487 g/mol. The van der Waals surface area contributed by atoms with E-state index in [-0.39, 0.29) is 36.0 Å². The first-order valence-corrected chi connectivity index (χ1v) is 13.0. The summed E-state index contributed by atoms with van der Waals surface area (Å²) in [4.78, 5) is 0.110. The molecule has 176 valence electrons. The molecule has 11 heteroatoms. The summed E-state index contributed by atoms with van der Waals surface area (Å²) in [6.07, 6.45) is 0.344. The third kappa shape index (κ3) is 5.46. The molecule has 1 fully saturated rings. The Kier molecular flexibility index (Phi) is 7.88. The normalized spacial score (nSPS) is 16.6. The lowest BCUT2D eigenvalue weighted by molar-refractivity contribution is 0.146. The molecule has 0 atom stereocenters. The highest BCUT2D eigenvalue weighted by atomic mass is 32.2. The van der Waals surface area contributed by atoms with Gasteiger partial charge in [0.25, 0.3) is 0 Å². The molecule has 1 saturated heterocycles. The molecule has 8 nitrogen and oxygen atoms in total. The summed E-state index contributed by atoms with van der Waals surface area (Å²) >= 11 is 0. The number of halogens is 1. The molecule has 1 aliphatic heterocycles. The van der Waals surface area contributed by atoms with Crippen LogP contribution in [0, 0.1) is 12.7 Å². The van der Waals surface area contributed by atoms with E-state index in [9.17, 15) is 21.2 Å². The second-order valence-corrected chi connectivity index (χ2v) is 11.3. The van der Waals surface area contributed by atoms with Gasteiger partial charge >= 0.3 is 0 Å². The molecule has 0 unspecified atom stereocenters. The summed E-state index contributed by atoms with van der Waals surface area (Å²) in [6.45, 7) is 2.95. The Morgan fingerprint density at radius 3 is 1.97 bits per heavy atom. The zero-order chi connectivity index (χ0) is 23.4. The largest absolute Gasteiger partial charge is 0.491 e. The van der Waals surface area contributed by atoms with Gasteiger partial charge < -0.3 is 9.47 Å². The van der Waals surface area contributed by atoms with E-state index in [0.717, 1.165) is 12.1 Å². The number of methoxy groups -OCH3 is 1. The zero-order valence-electron chi connectivity index (χ0n) is 18.0. The van der Waals surface area contributed by atoms with Gasteiger partial charge in [0.2, 0.25) is 20.0 Å². The van der Waals surface area contributed by atoms with Crippen LogP contribution >= 0.6 is 0 Å². The van der Waals surface area contributed by atoms with Crippen molar-refractivity contribution < 1.29 is 30.7 Å². The number of benzene rings is 2. The Bertz CT molecular complexity index is 1140. The van der Waals surface area contributed by atoms with Crippen LogP contribution in [0.3, 0.4) is 0 Å². The van der Waals surface area contributed by atoms with Crippen LogP contribution < -0.4 is 4.74 Å². The van der Waals surface area contributed by atoms with Crippen LogP contribution in [-0.2, 0) is 24.8 Å². The minimum atomic E-state index is -3.84. The van der Waals surface area contributed by atoms with Gasteiger partial charge in [-0.3, -0.25) is 0 Å². The summed E-state index contributed by atoms with van der Waals surface area (Å²) in [7, 11) is -6.08. The molecule has 2 aromatic carbocycles. The van der Waals surface area contributed by atoms with Crippen LogP contribution in [0.4, 0.5) is 4.39 Å². The fraction of sp³-hybridized carbons (Fsp3) is 0.429. The molecule has 32 heavy (non-hydrogen) atoms. The topological polar surface area (TPSA) is 93.2 Å². The maximum Gasteiger partial charge on any atom is 0.243 e. The number of sulfonamides is 2. The van der Waals surface area contributed by atoms with E-state index in [0.29, 0.717) is 30.9 Å². The van der Waals surface area contributed by atoms with Crippen molar-refractivity contribution in [2.45, 2.75) is 23.1 Å². The van der Waals surface area contributed by atoms with Gasteiger partial charge in [0.1, 0.15) is 18.2 Å². The molecule has 0 aliphatic carbocycles. The number of aryl methyl sites for hydroxylation is 1. The van der Waals surface area contributed by atoms with E-state index in [1.54, 1.807) is 26.2 Å². The fourth-order valence-corrected chi connectivity index (χ4v) is 6.46. The second-order valence-electron chi connectivity index (χ2n) is 7.38. The van der Waals surface area contributed by atoms with E-state index in [1.165, 1.54) is 26.8 Å². The highest BCUT2D eigenvalue weighted by Crippen LogP contribution is 2.26. The van der Waals surface area contributed by atoms with Gasteiger partial charge in [-0.2, -0.15) is 8.61 Å². The summed E-state index contributed by atoms with van der Waals surface area (Å²) in [5.41, 5.74) is 0.678. The quantitative estimate of drug-likeness (QED) is 0.532. The second kappa shape index (κ2) is 10.3. The molecular weight excluding hydrogens is 459 g/mol. The minimum absolute atomic E-state index is 0.0101. The van der Waals surface area contributed by atoms with Crippen LogP contribution in [0.5, 0.6) is 5.75 Å². The Morgan fingerprint density at radius 1 is 0.844 bits per heavy atom. The Hall–Kier alpha value is -2.05. The molecule has 1 aliphatic rings. The molecule has 0 N–H and O–H groups in total. The van der Waals surface area contributed by atoms with Crippen molar-refractivity contribution >= 4 is 20.0 Å². The Balaban J connectivity index is 1.74. The minimum Gasteiger partial charge on any atom is -0.491 e. The predicted octanol–water partition coefficient (Wildman–Crippen LogP) is 2.24. The Morgan fingerprint density at radius 2 is 1.41 bits per heavy atom. The van der Waals surface area contributed by atoms with Gasteiger partial charge in [-0.15, -0.1) is 0 Å². The molecule has 0 radical (unpaired) electrons. The maximum absolute atomic E-state index is 13.2. The van der Waals surface area contributed by atoms with Crippen molar-refractivity contribution in [2.24, 2.45) is 0 Å². The molecule has 0 aromatic heterocycles. The van der Waals surface area contributed by atoms with Crippen molar-refractivity contribution in [1.29, 1.82) is 0 Å². The standard InChI is InChI=1S/C21H27FN2O6S2/c1-17-16-20(8-9-21(17)30-15-14-29-2)32(27,28)24-11-3-10-23(12-13-24)31(25,26)19-6-4-18(22)5-7-19/h4-9,16H,3,10-15H2,1-2H3. The van der Waals surface area contributed by atoms with Crippen LogP contribution in [0.1, 0.15) is 12.0 Å². The molecule has 0 saturated carbocycles. The summed E-state index contributed by atoms with van der Waals surface area (Å²) in [6, 6.07) is 9.25. The van der Waals surface area contributed by atoms with Gasteiger partial charge in [-0.25, -0.2) is 21.2 Å². The molecule has 0 amide bonds. The van der Waals surface area contributed by atoms with Gasteiger partial charge in [0.15, 0.2) is 0 Å². The van der Waals surface area contributed by atoms with Crippen LogP contribution in [0.15, 0.2) is 52.3 Å². The highest BCUT2D eigenvalue weighted by Gasteiger charge is 2.32. The average Bonchev–Trinajstić information content (AvgIpc) is 3.03. The lowest BCUT2D eigenvalue weighted by atomic mass is 10.2. The first kappa shape index (κ1) is 24.6. The van der Waals surface area contributed by atoms with Gasteiger partial charge in [0, 0.05) is 33.3 Å². The smallest absolute Gasteiger partial charge is 0.243 e. The summed E-state index contributed by atoms with van der Waals surface area (Å²) in [5, 5.41) is 0. The molecular formula is C21H27FN2O6S2. The molecule has 3 rings (SSSR count). The third-order valence-corrected chi connectivity index (χ3v) is 9.00. The first-order chi connectivity index (χ1) is 15.2. The number of rotatable bonds is 8. The molecule has 1 heterocycles. The zero-order valence-corrected chi connectivity index (χ0v) is 19.7. The number of hydrogen-bond donors (Lipinski definition) is 0. The molecule has 0 spiro atoms. The fourth-order valence-electron chi connectivity index (χ4n) is 3.43. The summed E-state index contributed by atoms with van der Waals surface area (Å²) in [5.74, 6) is 0.0518. The van der Waals surface area contributed by atoms with E-state index >= 15 is 0 Å². The maximum atomic E-state index is 13.2. The van der Waals surface area contributed by atoms with Crippen molar-refractivity contribution in [3.05, 3.63) is 53.8 Å². The molecule has 2 aromatic rings. The Labute approximate surface area is 188 Å². The van der Waals surface area contributed by atoms with Gasteiger partial charge in [0.05, 0.1) is 16.4 Å². The number of hydrogen-bond acceptors (Lipinski definition) is 6. The molecule has 0 bridgehead atoms. The number of ether oxygens (including phenoxy) is 2. The van der Waals surface area contributed by atoms with Crippen LogP contribution in [0.25, 0.3) is 0 Å². The highest BCUT2D eigenvalue weighted by molar-refractivity contribution is 7.89. The van der Waals surface area contributed by atoms with Crippen LogP contribution in [0.2, 0.25) is 0 Å². The van der Waals surface area contributed by atoms with Crippen LogP contribution in [-0.4, -0.2) is 71.9 Å². The number of nitrogens with zero attached hydrogens (tertiary/aromatic N) is 2. The first-order valence-electron chi connectivity index (χ1n) is 10.1. The van der Waals surface area contributed by atoms with Gasteiger partial charge in [-0.1, -0.05) is 0 Å². The lowest BCUT2D eigenvalue weighted by Gasteiger charge is -2.22. The SMILES string of the molecule is COCCOc1ccc(S(=O)(=O)N2CCCN(S(=O)(=O)c3ccc(F)cc3)CC2)cc1C. The van der Waals surface area contributed by atoms with Crippen molar-refractivity contribution in [3.63, 3.8) is 0 Å². The third-order valence-electron chi connectivity index (χ3n) is 5.19. The monoisotopic (exact) mass is 486 g/mol. The van der Waals surface area contributed by atoms with E-state index < -0.39 is 25.9 Å². The van der Waals surface area contributed by atoms with Crippen molar-refractivity contribution in [1.82, 2.24) is 8.61 Å². The predicted molar refractivity (Wildman–Crippen MR) is 117 cm³/mol. The van der Waals surface area contributed by atoms with Gasteiger partial charge in [-0.05, 0) is 61.4 Å². The van der Waals surface area contributed by atoms with E-state index in [1.807, 2.05) is 0 Å². The van der Waals surface area contributed by atoms with E-state index in [2.05, 4.69) is 0 Å². The summed E-state index contributed by atoms with van der Waals surface area (Å²) < 4.78 is 78.4. The van der Waals surface area contributed by atoms with Crippen molar-refractivity contribution in [2.75, 3.05) is 46.5 Å².